The molecule has 0 rings (SSSR count). The Morgan fingerprint density at radius 2 is 1.36 bits per heavy atom. The highest BCUT2D eigenvalue weighted by Crippen LogP contribution is 2.07. The van der Waals surface area contributed by atoms with E-state index in [1.54, 1.807) is 0 Å². The van der Waals surface area contributed by atoms with Gasteiger partial charge in [0.25, 0.3) is 0 Å². The molecule has 0 fully saturated rings. The van der Waals surface area contributed by atoms with E-state index >= 15 is 0 Å². The number of allylic oxidation sites excluding steroid dienone is 6. The maximum absolute atomic E-state index is 11.3. The Balaban J connectivity index is 3.36. The highest BCUT2D eigenvalue weighted by Gasteiger charge is 1.97. The highest BCUT2D eigenvalue weighted by molar-refractivity contribution is 5.75. The van der Waals surface area contributed by atoms with Gasteiger partial charge in [-0.25, -0.2) is 0 Å². The van der Waals surface area contributed by atoms with Crippen LogP contribution in [-0.4, -0.2) is 24.2 Å². The third-order valence-electron chi connectivity index (χ3n) is 3.98. The number of nitrogens with one attached hydrogen (secondary N) is 1. The summed E-state index contributed by atoms with van der Waals surface area (Å²) >= 11 is 0. The van der Waals surface area contributed by atoms with Crippen LogP contribution in [-0.2, 0) is 4.79 Å². The summed E-state index contributed by atoms with van der Waals surface area (Å²) in [6.07, 6.45) is 27.0. The van der Waals surface area contributed by atoms with Gasteiger partial charge in [-0.15, -0.1) is 0 Å². The van der Waals surface area contributed by atoms with Crippen LogP contribution in [0, 0.1) is 0 Å². The van der Waals surface area contributed by atoms with E-state index in [1.807, 2.05) is 0 Å². The van der Waals surface area contributed by atoms with Gasteiger partial charge in [-0.1, -0.05) is 75.5 Å². The molecule has 144 valence electrons. The maximum atomic E-state index is 11.3. The largest absolute Gasteiger partial charge is 0.395 e. The van der Waals surface area contributed by atoms with Crippen molar-refractivity contribution in [3.63, 3.8) is 0 Å². The second kappa shape index (κ2) is 20.7. The average molecular weight is 350 g/mol. The second-order valence-corrected chi connectivity index (χ2v) is 6.41. The topological polar surface area (TPSA) is 49.3 Å². The number of unbranched alkanes of at least 4 members (excludes halogenated alkanes) is 7. The molecule has 3 heteroatoms. The third-order valence-corrected chi connectivity index (χ3v) is 3.98. The summed E-state index contributed by atoms with van der Waals surface area (Å²) in [5.41, 5.74) is 0. The summed E-state index contributed by atoms with van der Waals surface area (Å²) in [6, 6.07) is 0. The van der Waals surface area contributed by atoms with E-state index in [0.29, 0.717) is 13.0 Å². The van der Waals surface area contributed by atoms with Gasteiger partial charge in [0.05, 0.1) is 6.61 Å². The first-order valence-corrected chi connectivity index (χ1v) is 10.1. The molecule has 0 spiro atoms. The molecule has 0 aliphatic rings. The van der Waals surface area contributed by atoms with Gasteiger partial charge in [-0.05, 0) is 38.5 Å². The fourth-order valence-electron chi connectivity index (χ4n) is 2.48. The first kappa shape index (κ1) is 23.6. The van der Waals surface area contributed by atoms with Gasteiger partial charge in [-0.2, -0.15) is 0 Å². The number of carbonyl (C=O) groups is 1. The number of aliphatic hydroxyl groups is 1. The van der Waals surface area contributed by atoms with Crippen molar-refractivity contribution in [3.05, 3.63) is 36.5 Å². The molecule has 1 amide bonds. The molecule has 25 heavy (non-hydrogen) atoms. The molecule has 0 aromatic carbocycles. The monoisotopic (exact) mass is 349 g/mol. The van der Waals surface area contributed by atoms with Gasteiger partial charge in [0.2, 0.25) is 5.91 Å². The SMILES string of the molecule is CCCCCCCC/C=C\C/C=C\C/C=C\CCCC(=O)NCCO. The Kier molecular flexibility index (Phi) is 19.6. The van der Waals surface area contributed by atoms with Crippen molar-refractivity contribution in [2.24, 2.45) is 0 Å². The average Bonchev–Trinajstić information content (AvgIpc) is 2.62. The fraction of sp³-hybridized carbons (Fsp3) is 0.682. The normalized spacial score (nSPS) is 11.9. The molecule has 0 unspecified atom stereocenters. The van der Waals surface area contributed by atoms with E-state index in [9.17, 15) is 4.79 Å². The molecule has 0 radical (unpaired) electrons. The standard InChI is InChI=1S/C22H39NO2/c1-2-3-4-5-6-7-8-9-10-11-12-13-14-15-16-17-18-19-22(25)23-20-21-24/h9-10,12-13,15-16,24H,2-8,11,14,17-21H2,1H3,(H,23,25)/b10-9-,13-12-,16-15-. The van der Waals surface area contributed by atoms with Crippen LogP contribution in [0.4, 0.5) is 0 Å². The Morgan fingerprint density at radius 1 is 0.800 bits per heavy atom. The van der Waals surface area contributed by atoms with Gasteiger partial charge in [0.1, 0.15) is 0 Å². The number of hydrogen-bond donors (Lipinski definition) is 2. The van der Waals surface area contributed by atoms with Crippen LogP contribution >= 0.6 is 0 Å². The minimum Gasteiger partial charge on any atom is -0.395 e. The molecule has 3 nitrogen and oxygen atoms in total. The van der Waals surface area contributed by atoms with E-state index in [4.69, 9.17) is 5.11 Å². The van der Waals surface area contributed by atoms with Gasteiger partial charge >= 0.3 is 0 Å². The second-order valence-electron chi connectivity index (χ2n) is 6.41. The number of aliphatic hydroxyl groups excluding tert-OH is 1. The molecular formula is C22H39NO2. The van der Waals surface area contributed by atoms with Crippen molar-refractivity contribution >= 4 is 5.91 Å². The predicted octanol–water partition coefficient (Wildman–Crippen LogP) is 5.46. The minimum absolute atomic E-state index is 0.00616. The zero-order chi connectivity index (χ0) is 18.4. The molecule has 0 aromatic heterocycles. The molecule has 0 aliphatic carbocycles. The number of amides is 1. The lowest BCUT2D eigenvalue weighted by Gasteiger charge is -2.00. The first-order valence-electron chi connectivity index (χ1n) is 10.1. The fourth-order valence-corrected chi connectivity index (χ4v) is 2.48. The van der Waals surface area contributed by atoms with Crippen LogP contribution in [0.3, 0.4) is 0 Å². The van der Waals surface area contributed by atoms with Gasteiger partial charge < -0.3 is 10.4 Å². The van der Waals surface area contributed by atoms with E-state index in [-0.39, 0.29) is 12.5 Å². The highest BCUT2D eigenvalue weighted by atomic mass is 16.3. The van der Waals surface area contributed by atoms with Crippen LogP contribution in [0.25, 0.3) is 0 Å². The molecule has 0 aromatic rings. The quantitative estimate of drug-likeness (QED) is 0.270. The lowest BCUT2D eigenvalue weighted by atomic mass is 10.1. The minimum atomic E-state index is 0.00616. The zero-order valence-electron chi connectivity index (χ0n) is 16.2. The smallest absolute Gasteiger partial charge is 0.220 e. The van der Waals surface area contributed by atoms with Gasteiger partial charge in [0.15, 0.2) is 0 Å². The summed E-state index contributed by atoms with van der Waals surface area (Å²) in [6.45, 7) is 2.62. The Bertz CT molecular complexity index is 372. The van der Waals surface area contributed by atoms with Crippen LogP contribution in [0.2, 0.25) is 0 Å². The summed E-state index contributed by atoms with van der Waals surface area (Å²) < 4.78 is 0. The summed E-state index contributed by atoms with van der Waals surface area (Å²) in [7, 11) is 0. The lowest BCUT2D eigenvalue weighted by Crippen LogP contribution is -2.25. The third kappa shape index (κ3) is 20.6. The van der Waals surface area contributed by atoms with Gasteiger partial charge in [-0.3, -0.25) is 4.79 Å². The van der Waals surface area contributed by atoms with E-state index < -0.39 is 0 Å². The number of rotatable bonds is 17. The van der Waals surface area contributed by atoms with Crippen molar-refractivity contribution in [2.75, 3.05) is 13.2 Å². The van der Waals surface area contributed by atoms with Crippen LogP contribution in [0.15, 0.2) is 36.5 Å². The van der Waals surface area contributed by atoms with E-state index in [0.717, 1.165) is 25.7 Å². The van der Waals surface area contributed by atoms with Crippen molar-refractivity contribution in [2.45, 2.75) is 84.0 Å². The molecular weight excluding hydrogens is 310 g/mol. The summed E-state index contributed by atoms with van der Waals surface area (Å²) in [4.78, 5) is 11.3. The van der Waals surface area contributed by atoms with E-state index in [2.05, 4.69) is 48.7 Å². The lowest BCUT2D eigenvalue weighted by molar-refractivity contribution is -0.121. The Morgan fingerprint density at radius 3 is 2.00 bits per heavy atom. The first-order chi connectivity index (χ1) is 12.3. The Hall–Kier alpha value is -1.35. The van der Waals surface area contributed by atoms with Gasteiger partial charge in [0, 0.05) is 13.0 Å². The van der Waals surface area contributed by atoms with E-state index in [1.165, 1.54) is 44.9 Å². The van der Waals surface area contributed by atoms with Crippen LogP contribution in [0.5, 0.6) is 0 Å². The van der Waals surface area contributed by atoms with Crippen molar-refractivity contribution in [3.8, 4) is 0 Å². The molecule has 0 aliphatic heterocycles. The predicted molar refractivity (Wildman–Crippen MR) is 109 cm³/mol. The Labute approximate surface area is 155 Å². The summed E-state index contributed by atoms with van der Waals surface area (Å²) in [5, 5.41) is 11.3. The molecule has 2 N–H and O–H groups in total. The molecule has 0 saturated carbocycles. The number of hydrogen-bond acceptors (Lipinski definition) is 2. The van der Waals surface area contributed by atoms with Crippen LogP contribution in [0.1, 0.15) is 84.0 Å². The maximum Gasteiger partial charge on any atom is 0.220 e. The molecule has 0 atom stereocenters. The molecule has 0 saturated heterocycles. The van der Waals surface area contributed by atoms with Crippen molar-refractivity contribution < 1.29 is 9.90 Å². The van der Waals surface area contributed by atoms with Crippen molar-refractivity contribution in [1.82, 2.24) is 5.32 Å². The van der Waals surface area contributed by atoms with Crippen LogP contribution < -0.4 is 5.32 Å². The zero-order valence-corrected chi connectivity index (χ0v) is 16.2. The summed E-state index contributed by atoms with van der Waals surface area (Å²) in [5.74, 6) is 0.0232. The van der Waals surface area contributed by atoms with Crippen molar-refractivity contribution in [1.29, 1.82) is 0 Å². The molecule has 0 heterocycles. The molecule has 0 bridgehead atoms. The number of carbonyl (C=O) groups excluding carboxylic acids is 1.